The summed E-state index contributed by atoms with van der Waals surface area (Å²) in [5.74, 6) is 0.941. The molecule has 0 bridgehead atoms. The molecule has 0 amide bonds. The highest BCUT2D eigenvalue weighted by Gasteiger charge is 2.16. The van der Waals surface area contributed by atoms with Crippen molar-refractivity contribution in [3.63, 3.8) is 0 Å². The van der Waals surface area contributed by atoms with Gasteiger partial charge in [-0.2, -0.15) is 0 Å². The molecule has 17 heavy (non-hydrogen) atoms. The topological polar surface area (TPSA) is 32.3 Å². The van der Waals surface area contributed by atoms with Crippen molar-refractivity contribution in [2.75, 3.05) is 13.1 Å². The van der Waals surface area contributed by atoms with E-state index in [2.05, 4.69) is 26.1 Å². The summed E-state index contributed by atoms with van der Waals surface area (Å²) in [6.45, 7) is 8.37. The van der Waals surface area contributed by atoms with Crippen LogP contribution in [0.3, 0.4) is 0 Å². The molecule has 0 spiro atoms. The van der Waals surface area contributed by atoms with Crippen molar-refractivity contribution in [1.29, 1.82) is 0 Å². The van der Waals surface area contributed by atoms with Gasteiger partial charge < -0.3 is 10.4 Å². The van der Waals surface area contributed by atoms with E-state index in [4.69, 9.17) is 0 Å². The molecule has 102 valence electrons. The van der Waals surface area contributed by atoms with Gasteiger partial charge >= 0.3 is 0 Å². The van der Waals surface area contributed by atoms with Crippen LogP contribution in [0.25, 0.3) is 0 Å². The smallest absolute Gasteiger partial charge is 0.0669 e. The van der Waals surface area contributed by atoms with Gasteiger partial charge in [-0.3, -0.25) is 0 Å². The summed E-state index contributed by atoms with van der Waals surface area (Å²) >= 11 is 0. The third kappa shape index (κ3) is 7.77. The summed E-state index contributed by atoms with van der Waals surface area (Å²) < 4.78 is 0. The number of rotatable bonds is 6. The Kier molecular flexibility index (Phi) is 6.50. The van der Waals surface area contributed by atoms with Gasteiger partial charge in [0.1, 0.15) is 0 Å². The van der Waals surface area contributed by atoms with Crippen LogP contribution in [0.4, 0.5) is 0 Å². The zero-order chi connectivity index (χ0) is 12.7. The Morgan fingerprint density at radius 1 is 1.18 bits per heavy atom. The Morgan fingerprint density at radius 3 is 2.41 bits per heavy atom. The lowest BCUT2D eigenvalue weighted by molar-refractivity contribution is 0.119. The minimum Gasteiger partial charge on any atom is -0.392 e. The van der Waals surface area contributed by atoms with E-state index < -0.39 is 0 Å². The Balaban J connectivity index is 1.99. The van der Waals surface area contributed by atoms with Crippen molar-refractivity contribution in [3.8, 4) is 0 Å². The van der Waals surface area contributed by atoms with Crippen molar-refractivity contribution in [2.24, 2.45) is 11.3 Å². The molecule has 1 rings (SSSR count). The molecule has 0 aromatic carbocycles. The van der Waals surface area contributed by atoms with E-state index in [1.807, 2.05) is 0 Å². The number of hydrogen-bond acceptors (Lipinski definition) is 2. The largest absolute Gasteiger partial charge is 0.392 e. The summed E-state index contributed by atoms with van der Waals surface area (Å²) in [6.07, 6.45) is 9.12. The van der Waals surface area contributed by atoms with E-state index in [1.54, 1.807) is 0 Å². The summed E-state index contributed by atoms with van der Waals surface area (Å²) in [6, 6.07) is 0. The predicted octanol–water partition coefficient (Wildman–Crippen LogP) is 3.34. The highest BCUT2D eigenvalue weighted by molar-refractivity contribution is 4.71. The standard InChI is InChI=1S/C15H31NO/c1-15(2,3)11-14(17)12-16-10-9-13-7-5-4-6-8-13/h13-14,16-17H,4-12H2,1-3H3. The highest BCUT2D eigenvalue weighted by atomic mass is 16.3. The van der Waals surface area contributed by atoms with Gasteiger partial charge in [0.05, 0.1) is 6.10 Å². The second-order valence-corrected chi connectivity index (χ2v) is 6.92. The fourth-order valence-electron chi connectivity index (χ4n) is 2.83. The first-order chi connectivity index (χ1) is 7.97. The molecule has 1 aliphatic carbocycles. The van der Waals surface area contributed by atoms with Gasteiger partial charge in [-0.1, -0.05) is 52.9 Å². The highest BCUT2D eigenvalue weighted by Crippen LogP contribution is 2.25. The molecular weight excluding hydrogens is 210 g/mol. The molecule has 1 fully saturated rings. The van der Waals surface area contributed by atoms with Gasteiger partial charge in [-0.05, 0) is 30.7 Å². The van der Waals surface area contributed by atoms with E-state index in [-0.39, 0.29) is 11.5 Å². The van der Waals surface area contributed by atoms with E-state index >= 15 is 0 Å². The number of aliphatic hydroxyl groups is 1. The third-order valence-corrected chi connectivity index (χ3v) is 3.68. The molecule has 0 radical (unpaired) electrons. The fourth-order valence-corrected chi connectivity index (χ4v) is 2.83. The van der Waals surface area contributed by atoms with Crippen LogP contribution < -0.4 is 5.32 Å². The fraction of sp³-hybridized carbons (Fsp3) is 1.00. The quantitative estimate of drug-likeness (QED) is 0.699. The van der Waals surface area contributed by atoms with Gasteiger partial charge in [0.15, 0.2) is 0 Å². The Labute approximate surface area is 107 Å². The van der Waals surface area contributed by atoms with Crippen LogP contribution >= 0.6 is 0 Å². The lowest BCUT2D eigenvalue weighted by atomic mass is 9.87. The maximum Gasteiger partial charge on any atom is 0.0669 e. The van der Waals surface area contributed by atoms with Crippen LogP contribution in [0, 0.1) is 11.3 Å². The third-order valence-electron chi connectivity index (χ3n) is 3.68. The molecule has 1 unspecified atom stereocenters. The van der Waals surface area contributed by atoms with Crippen LogP contribution in [0.15, 0.2) is 0 Å². The van der Waals surface area contributed by atoms with E-state index in [0.29, 0.717) is 0 Å². The Morgan fingerprint density at radius 2 is 1.82 bits per heavy atom. The molecule has 1 aliphatic rings. The van der Waals surface area contributed by atoms with Crippen molar-refractivity contribution < 1.29 is 5.11 Å². The average molecular weight is 241 g/mol. The van der Waals surface area contributed by atoms with Crippen LogP contribution in [0.1, 0.15) is 65.7 Å². The second kappa shape index (κ2) is 7.38. The molecule has 2 nitrogen and oxygen atoms in total. The van der Waals surface area contributed by atoms with E-state index in [9.17, 15) is 5.11 Å². The van der Waals surface area contributed by atoms with Crippen LogP contribution in [-0.4, -0.2) is 24.3 Å². The first kappa shape index (κ1) is 15.0. The number of aliphatic hydroxyl groups excluding tert-OH is 1. The molecule has 0 aromatic heterocycles. The molecule has 1 atom stereocenters. The molecule has 2 N–H and O–H groups in total. The van der Waals surface area contributed by atoms with E-state index in [0.717, 1.165) is 25.4 Å². The molecule has 2 heteroatoms. The first-order valence-electron chi connectivity index (χ1n) is 7.36. The molecule has 0 aliphatic heterocycles. The van der Waals surface area contributed by atoms with Crippen molar-refractivity contribution >= 4 is 0 Å². The monoisotopic (exact) mass is 241 g/mol. The molecular formula is C15H31NO. The van der Waals surface area contributed by atoms with E-state index in [1.165, 1.54) is 38.5 Å². The minimum absolute atomic E-state index is 0.193. The minimum atomic E-state index is -0.193. The maximum atomic E-state index is 9.86. The number of hydrogen-bond donors (Lipinski definition) is 2. The predicted molar refractivity (Wildman–Crippen MR) is 74.1 cm³/mol. The summed E-state index contributed by atoms with van der Waals surface area (Å²) in [5.41, 5.74) is 0.227. The van der Waals surface area contributed by atoms with Crippen LogP contribution in [-0.2, 0) is 0 Å². The zero-order valence-corrected chi connectivity index (χ0v) is 12.0. The summed E-state index contributed by atoms with van der Waals surface area (Å²) in [4.78, 5) is 0. The molecule has 1 saturated carbocycles. The Hall–Kier alpha value is -0.0800. The summed E-state index contributed by atoms with van der Waals surface area (Å²) in [7, 11) is 0. The lowest BCUT2D eigenvalue weighted by Gasteiger charge is -2.24. The zero-order valence-electron chi connectivity index (χ0n) is 12.0. The lowest BCUT2D eigenvalue weighted by Crippen LogP contribution is -2.31. The van der Waals surface area contributed by atoms with Gasteiger partial charge in [0.25, 0.3) is 0 Å². The van der Waals surface area contributed by atoms with Gasteiger partial charge in [-0.25, -0.2) is 0 Å². The van der Waals surface area contributed by atoms with Crippen molar-refractivity contribution in [1.82, 2.24) is 5.32 Å². The van der Waals surface area contributed by atoms with Gasteiger partial charge in [-0.15, -0.1) is 0 Å². The van der Waals surface area contributed by atoms with Crippen LogP contribution in [0.5, 0.6) is 0 Å². The molecule has 0 aromatic rings. The van der Waals surface area contributed by atoms with Gasteiger partial charge in [0, 0.05) is 6.54 Å². The molecule has 0 saturated heterocycles. The first-order valence-corrected chi connectivity index (χ1v) is 7.36. The maximum absolute atomic E-state index is 9.86. The van der Waals surface area contributed by atoms with Gasteiger partial charge in [0.2, 0.25) is 0 Å². The SMILES string of the molecule is CC(C)(C)CC(O)CNCCC1CCCCC1. The summed E-state index contributed by atoms with van der Waals surface area (Å²) in [5, 5.41) is 13.3. The van der Waals surface area contributed by atoms with Crippen LogP contribution in [0.2, 0.25) is 0 Å². The second-order valence-electron chi connectivity index (χ2n) is 6.92. The van der Waals surface area contributed by atoms with Crippen molar-refractivity contribution in [2.45, 2.75) is 71.8 Å². The Bertz CT molecular complexity index is 192. The van der Waals surface area contributed by atoms with Crippen molar-refractivity contribution in [3.05, 3.63) is 0 Å². The molecule has 0 heterocycles. The number of nitrogens with one attached hydrogen (secondary N) is 1. The average Bonchev–Trinajstić information content (AvgIpc) is 2.23. The normalized spacial score (nSPS) is 20.5.